The van der Waals surface area contributed by atoms with Gasteiger partial charge < -0.3 is 9.73 Å². The molecule has 0 spiro atoms. The summed E-state index contributed by atoms with van der Waals surface area (Å²) in [5.41, 5.74) is 1.21. The van der Waals surface area contributed by atoms with E-state index in [0.717, 1.165) is 10.6 Å². The van der Waals surface area contributed by atoms with Crippen LogP contribution in [0.4, 0.5) is 11.4 Å². The average molecular weight is 387 g/mol. The Hall–Kier alpha value is -3.07. The van der Waals surface area contributed by atoms with E-state index < -0.39 is 10.7 Å². The van der Waals surface area contributed by atoms with E-state index in [1.807, 2.05) is 30.5 Å². The smallest absolute Gasteiger partial charge is 0.407 e. The number of non-ortho nitro benzene ring substituents is 1. The molecule has 27 heavy (non-hydrogen) atoms. The lowest BCUT2D eigenvalue weighted by atomic mass is 10.2. The third-order valence-electron chi connectivity index (χ3n) is 4.02. The number of thioether (sulfide) groups is 1. The highest BCUT2D eigenvalue weighted by Crippen LogP contribution is 2.21. The van der Waals surface area contributed by atoms with Crippen LogP contribution in [-0.2, 0) is 11.3 Å². The van der Waals surface area contributed by atoms with Gasteiger partial charge in [-0.1, -0.05) is 0 Å². The van der Waals surface area contributed by atoms with Crippen molar-refractivity contribution < 1.29 is 14.1 Å². The van der Waals surface area contributed by atoms with Crippen LogP contribution in [0.2, 0.25) is 0 Å². The Morgan fingerprint density at radius 1 is 1.26 bits per heavy atom. The summed E-state index contributed by atoms with van der Waals surface area (Å²) < 4.78 is 6.44. The molecule has 0 atom stereocenters. The van der Waals surface area contributed by atoms with Gasteiger partial charge in [-0.25, -0.2) is 4.79 Å². The predicted molar refractivity (Wildman–Crippen MR) is 103 cm³/mol. The molecule has 1 heterocycles. The average Bonchev–Trinajstić information content (AvgIpc) is 2.97. The first-order valence-corrected chi connectivity index (χ1v) is 9.42. The highest BCUT2D eigenvalue weighted by atomic mass is 32.2. The fraction of sp³-hybridized carbons (Fsp3) is 0.222. The second-order valence-electron chi connectivity index (χ2n) is 5.81. The number of nitrogens with one attached hydrogen (secondary N) is 1. The van der Waals surface area contributed by atoms with Crippen molar-refractivity contribution >= 4 is 40.1 Å². The number of nitro groups is 1. The first-order chi connectivity index (χ1) is 13.0. The van der Waals surface area contributed by atoms with Gasteiger partial charge in [-0.05, 0) is 43.0 Å². The minimum absolute atomic E-state index is 0.143. The molecule has 1 aromatic heterocycles. The molecule has 2 aromatic carbocycles. The SMILES string of the molecule is CSc1ccc(NC(=O)CCCn2c(=O)oc3cc([N+](=O)[O-])ccc32)cc1. The van der Waals surface area contributed by atoms with Crippen molar-refractivity contribution in [3.8, 4) is 0 Å². The molecular weight excluding hydrogens is 370 g/mol. The third-order valence-corrected chi connectivity index (χ3v) is 4.77. The summed E-state index contributed by atoms with van der Waals surface area (Å²) in [4.78, 5) is 35.4. The first kappa shape index (κ1) is 18.7. The zero-order valence-corrected chi connectivity index (χ0v) is 15.3. The molecule has 1 amide bonds. The molecular formula is C18H17N3O5S. The topological polar surface area (TPSA) is 107 Å². The van der Waals surface area contributed by atoms with E-state index in [-0.39, 0.29) is 30.1 Å². The lowest BCUT2D eigenvalue weighted by molar-refractivity contribution is -0.384. The van der Waals surface area contributed by atoms with Gasteiger partial charge in [0.05, 0.1) is 16.5 Å². The van der Waals surface area contributed by atoms with Crippen LogP contribution in [0.1, 0.15) is 12.8 Å². The molecule has 0 saturated carbocycles. The van der Waals surface area contributed by atoms with Crippen LogP contribution in [0.25, 0.3) is 11.1 Å². The van der Waals surface area contributed by atoms with Gasteiger partial charge in [-0.2, -0.15) is 0 Å². The van der Waals surface area contributed by atoms with Gasteiger partial charge in [0.15, 0.2) is 5.58 Å². The maximum absolute atomic E-state index is 12.1. The highest BCUT2D eigenvalue weighted by molar-refractivity contribution is 7.98. The number of rotatable bonds is 7. The summed E-state index contributed by atoms with van der Waals surface area (Å²) in [6, 6.07) is 11.5. The molecule has 0 saturated heterocycles. The quantitative estimate of drug-likeness (QED) is 0.377. The van der Waals surface area contributed by atoms with E-state index in [1.54, 1.807) is 11.8 Å². The van der Waals surface area contributed by atoms with Crippen LogP contribution < -0.4 is 11.1 Å². The van der Waals surface area contributed by atoms with Gasteiger partial charge in [0.1, 0.15) is 0 Å². The largest absolute Gasteiger partial charge is 0.419 e. The molecule has 0 bridgehead atoms. The molecule has 0 radical (unpaired) electrons. The van der Waals surface area contributed by atoms with Gasteiger partial charge in [-0.15, -0.1) is 11.8 Å². The van der Waals surface area contributed by atoms with Crippen LogP contribution in [0.3, 0.4) is 0 Å². The number of benzene rings is 2. The monoisotopic (exact) mass is 387 g/mol. The maximum Gasteiger partial charge on any atom is 0.419 e. The van der Waals surface area contributed by atoms with Crippen molar-refractivity contribution in [1.82, 2.24) is 4.57 Å². The molecule has 0 aliphatic carbocycles. The number of carbonyl (C=O) groups is 1. The molecule has 9 heteroatoms. The number of fused-ring (bicyclic) bond motifs is 1. The standard InChI is InChI=1S/C18H17N3O5S/c1-27-14-7-4-12(5-8-14)19-17(22)3-2-10-20-15-9-6-13(21(24)25)11-16(15)26-18(20)23/h4-9,11H,2-3,10H2,1H3,(H,19,22). The predicted octanol–water partition coefficient (Wildman–Crippen LogP) is 3.64. The third kappa shape index (κ3) is 4.37. The number of oxazole rings is 1. The number of amides is 1. The Morgan fingerprint density at radius 2 is 2.00 bits per heavy atom. The zero-order chi connectivity index (χ0) is 19.4. The van der Waals surface area contributed by atoms with E-state index in [1.165, 1.54) is 22.8 Å². The number of aromatic nitrogens is 1. The fourth-order valence-corrected chi connectivity index (χ4v) is 3.08. The number of nitro benzene ring substituents is 1. The van der Waals surface area contributed by atoms with Gasteiger partial charge in [0, 0.05) is 29.6 Å². The van der Waals surface area contributed by atoms with E-state index in [2.05, 4.69) is 5.32 Å². The lowest BCUT2D eigenvalue weighted by Crippen LogP contribution is -2.17. The van der Waals surface area contributed by atoms with E-state index in [0.29, 0.717) is 11.9 Å². The molecule has 0 unspecified atom stereocenters. The summed E-state index contributed by atoms with van der Waals surface area (Å²) in [5.74, 6) is -0.748. The van der Waals surface area contributed by atoms with Crippen LogP contribution in [0.15, 0.2) is 56.6 Å². The van der Waals surface area contributed by atoms with Crippen molar-refractivity contribution in [3.05, 3.63) is 63.1 Å². The number of anilines is 1. The second kappa shape index (κ2) is 8.09. The molecule has 8 nitrogen and oxygen atoms in total. The van der Waals surface area contributed by atoms with Crippen molar-refractivity contribution in [2.45, 2.75) is 24.3 Å². The second-order valence-corrected chi connectivity index (χ2v) is 6.69. The molecule has 1 N–H and O–H groups in total. The first-order valence-electron chi connectivity index (χ1n) is 8.19. The van der Waals surface area contributed by atoms with Crippen molar-refractivity contribution in [1.29, 1.82) is 0 Å². The van der Waals surface area contributed by atoms with Gasteiger partial charge in [0.2, 0.25) is 5.91 Å². The zero-order valence-electron chi connectivity index (χ0n) is 14.5. The van der Waals surface area contributed by atoms with Gasteiger partial charge in [0.25, 0.3) is 5.69 Å². The molecule has 140 valence electrons. The summed E-state index contributed by atoms with van der Waals surface area (Å²) >= 11 is 1.62. The van der Waals surface area contributed by atoms with Crippen LogP contribution in [-0.4, -0.2) is 21.7 Å². The van der Waals surface area contributed by atoms with E-state index in [9.17, 15) is 19.7 Å². The molecule has 0 aliphatic heterocycles. The van der Waals surface area contributed by atoms with Crippen molar-refractivity contribution in [2.75, 3.05) is 11.6 Å². The number of carbonyl (C=O) groups excluding carboxylic acids is 1. The van der Waals surface area contributed by atoms with Crippen LogP contribution >= 0.6 is 11.8 Å². The Bertz CT molecular complexity index is 1040. The van der Waals surface area contributed by atoms with E-state index >= 15 is 0 Å². The van der Waals surface area contributed by atoms with Crippen LogP contribution in [0.5, 0.6) is 0 Å². The molecule has 3 rings (SSSR count). The molecule has 0 fully saturated rings. The number of aryl methyl sites for hydroxylation is 1. The van der Waals surface area contributed by atoms with Crippen LogP contribution in [0, 0.1) is 10.1 Å². The van der Waals surface area contributed by atoms with Gasteiger partial charge in [-0.3, -0.25) is 19.5 Å². The van der Waals surface area contributed by atoms with E-state index in [4.69, 9.17) is 4.42 Å². The summed E-state index contributed by atoms with van der Waals surface area (Å²) in [7, 11) is 0. The summed E-state index contributed by atoms with van der Waals surface area (Å²) in [6.45, 7) is 0.280. The number of hydrogen-bond acceptors (Lipinski definition) is 6. The lowest BCUT2D eigenvalue weighted by Gasteiger charge is -2.06. The Balaban J connectivity index is 1.61. The Labute approximate surface area is 158 Å². The Morgan fingerprint density at radius 3 is 2.67 bits per heavy atom. The van der Waals surface area contributed by atoms with Gasteiger partial charge >= 0.3 is 5.76 Å². The summed E-state index contributed by atoms with van der Waals surface area (Å²) in [5, 5.41) is 13.6. The normalized spacial score (nSPS) is 10.9. The maximum atomic E-state index is 12.1. The van der Waals surface area contributed by atoms with Crippen molar-refractivity contribution in [2.24, 2.45) is 0 Å². The van der Waals surface area contributed by atoms with Crippen molar-refractivity contribution in [3.63, 3.8) is 0 Å². The highest BCUT2D eigenvalue weighted by Gasteiger charge is 2.14. The molecule has 0 aliphatic rings. The number of hydrogen-bond donors (Lipinski definition) is 1. The molecule has 3 aromatic rings. The Kier molecular flexibility index (Phi) is 5.60. The number of nitrogens with zero attached hydrogens (tertiary/aromatic N) is 2. The summed E-state index contributed by atoms with van der Waals surface area (Å²) in [6.07, 6.45) is 2.64. The minimum atomic E-state index is -0.599. The minimum Gasteiger partial charge on any atom is -0.407 e. The fourth-order valence-electron chi connectivity index (χ4n) is 2.68.